The zero-order valence-electron chi connectivity index (χ0n) is 15.5. The van der Waals surface area contributed by atoms with E-state index in [-0.39, 0.29) is 35.6 Å². The molecule has 0 rings (SSSR count). The van der Waals surface area contributed by atoms with E-state index in [1.54, 1.807) is 0 Å². The van der Waals surface area contributed by atoms with E-state index in [4.69, 9.17) is 0 Å². The number of ketones is 3. The summed E-state index contributed by atoms with van der Waals surface area (Å²) in [7, 11) is 0. The van der Waals surface area contributed by atoms with Crippen molar-refractivity contribution >= 4 is 17.3 Å². The Morgan fingerprint density at radius 1 is 0.516 bits per heavy atom. The molecule has 0 bridgehead atoms. The van der Waals surface area contributed by atoms with Gasteiger partial charge in [0, 0.05) is 0 Å². The number of carbonyl (C=O) groups excluding carboxylic acids is 3. The Hall–Kier alpha value is -2.47. The number of hydrogen-bond donors (Lipinski definition) is 0. The zero-order chi connectivity index (χ0) is 25.1. The van der Waals surface area contributed by atoms with Crippen molar-refractivity contribution < 1.29 is 86.6 Å². The molecule has 0 amide bonds. The smallest absolute Gasteiger partial charge is 0.869 e. The van der Waals surface area contributed by atoms with E-state index >= 15 is 0 Å². The van der Waals surface area contributed by atoms with Crippen molar-refractivity contribution in [3.8, 4) is 0 Å². The van der Waals surface area contributed by atoms with Gasteiger partial charge in [0.1, 0.15) is 0 Å². The van der Waals surface area contributed by atoms with Gasteiger partial charge in [-0.25, -0.2) is 0 Å². The molecule has 0 spiro atoms. The standard InChI is InChI=1S/3C5H5F3O2.Cr/c3*1-3(9)2-4(10)5(6,7)8;/h3*2,10H,1H3;/q;;;+3/p-3. The summed E-state index contributed by atoms with van der Waals surface area (Å²) in [6.45, 7) is 2.64. The molecule has 0 atom stereocenters. The van der Waals surface area contributed by atoms with Gasteiger partial charge in [0.05, 0.1) is 0 Å². The van der Waals surface area contributed by atoms with Crippen LogP contribution in [0.1, 0.15) is 20.8 Å². The second kappa shape index (κ2) is 14.5. The van der Waals surface area contributed by atoms with Crippen LogP contribution in [0.3, 0.4) is 0 Å². The molecule has 177 valence electrons. The largest absolute Gasteiger partial charge is 3.00 e. The molecule has 0 unspecified atom stereocenters. The van der Waals surface area contributed by atoms with Crippen LogP contribution in [0.5, 0.6) is 0 Å². The molecule has 0 aliphatic rings. The summed E-state index contributed by atoms with van der Waals surface area (Å²) in [5.74, 6) is -9.04. The molecule has 0 aliphatic heterocycles. The quantitative estimate of drug-likeness (QED) is 0.319. The molecule has 0 aromatic rings. The van der Waals surface area contributed by atoms with Crippen LogP contribution in [-0.4, -0.2) is 35.9 Å². The van der Waals surface area contributed by atoms with Gasteiger partial charge in [-0.2, -0.15) is 39.5 Å². The van der Waals surface area contributed by atoms with Crippen molar-refractivity contribution in [2.24, 2.45) is 0 Å². The summed E-state index contributed by atoms with van der Waals surface area (Å²) in [6.07, 6.45) is -14.7. The summed E-state index contributed by atoms with van der Waals surface area (Å²) in [5.41, 5.74) is 0. The molecule has 16 heteroatoms. The molecular weight excluding hydrogens is 499 g/mol. The number of halogens is 9. The minimum Gasteiger partial charge on any atom is -0.869 e. The van der Waals surface area contributed by atoms with E-state index in [1.165, 1.54) is 0 Å². The Morgan fingerprint density at radius 2 is 0.645 bits per heavy atom. The minimum atomic E-state index is -4.92. The summed E-state index contributed by atoms with van der Waals surface area (Å²) < 4.78 is 101. The van der Waals surface area contributed by atoms with Crippen LogP contribution in [0.4, 0.5) is 39.5 Å². The molecule has 1 radical (unpaired) electrons. The van der Waals surface area contributed by atoms with Gasteiger partial charge >= 0.3 is 35.9 Å². The third-order valence-corrected chi connectivity index (χ3v) is 1.84. The maximum atomic E-state index is 11.3. The van der Waals surface area contributed by atoms with Gasteiger partial charge in [-0.05, 0) is 56.3 Å². The second-order valence-corrected chi connectivity index (χ2v) is 4.85. The number of hydrogen-bond acceptors (Lipinski definition) is 6. The van der Waals surface area contributed by atoms with Crippen LogP contribution in [-0.2, 0) is 31.7 Å². The van der Waals surface area contributed by atoms with Crippen molar-refractivity contribution in [3.63, 3.8) is 0 Å². The fraction of sp³-hybridized carbons (Fsp3) is 0.400. The first kappa shape index (κ1) is 35.9. The van der Waals surface area contributed by atoms with E-state index in [2.05, 4.69) is 0 Å². The molecule has 31 heavy (non-hydrogen) atoms. The van der Waals surface area contributed by atoms with Gasteiger partial charge in [-0.3, -0.25) is 14.4 Å². The maximum absolute atomic E-state index is 11.3. The van der Waals surface area contributed by atoms with Crippen molar-refractivity contribution in [3.05, 3.63) is 35.5 Å². The fourth-order valence-corrected chi connectivity index (χ4v) is 0.799. The molecule has 0 saturated heterocycles. The van der Waals surface area contributed by atoms with Crippen LogP contribution >= 0.6 is 0 Å². The molecule has 0 aromatic carbocycles. The normalized spacial score (nSPS) is 13.0. The molecule has 0 fully saturated rings. The Labute approximate surface area is 179 Å². The van der Waals surface area contributed by atoms with Gasteiger partial charge in [0.25, 0.3) is 0 Å². The number of carbonyl (C=O) groups is 3. The Morgan fingerprint density at radius 3 is 0.677 bits per heavy atom. The third kappa shape index (κ3) is 23.7. The topological polar surface area (TPSA) is 120 Å². The predicted molar refractivity (Wildman–Crippen MR) is 74.5 cm³/mol. The predicted octanol–water partition coefficient (Wildman–Crippen LogP) is 1.14. The molecule has 0 aliphatic carbocycles. The van der Waals surface area contributed by atoms with Crippen LogP contribution in [0.15, 0.2) is 35.5 Å². The summed E-state index contributed by atoms with van der Waals surface area (Å²) in [4.78, 5) is 29.8. The molecule has 0 heterocycles. The van der Waals surface area contributed by atoms with Gasteiger partial charge in [0.2, 0.25) is 0 Å². The van der Waals surface area contributed by atoms with Gasteiger partial charge in [-0.15, -0.1) is 0 Å². The Bertz CT molecular complexity index is 606. The first-order valence-electron chi connectivity index (χ1n) is 6.91. The first-order chi connectivity index (χ1) is 13.0. The third-order valence-electron chi connectivity index (χ3n) is 1.84. The van der Waals surface area contributed by atoms with Crippen molar-refractivity contribution in [2.75, 3.05) is 0 Å². The average Bonchev–Trinajstić information content (AvgIpc) is 2.43. The Balaban J connectivity index is -0.000000174. The number of allylic oxidation sites excluding steroid dienone is 6. The first-order valence-corrected chi connectivity index (χ1v) is 6.91. The second-order valence-electron chi connectivity index (χ2n) is 4.85. The SMILES string of the molecule is CC(=O)C=C([O-])C(F)(F)F.CC(=O)C=C([O-])C(F)(F)F.CC(=O)C=C([O-])C(F)(F)F.[Cr+3]. The molecule has 0 N–H and O–H groups in total. The summed E-state index contributed by atoms with van der Waals surface area (Å²) in [6, 6.07) is 0. The van der Waals surface area contributed by atoms with Crippen LogP contribution < -0.4 is 15.3 Å². The number of rotatable bonds is 3. The zero-order valence-corrected chi connectivity index (χ0v) is 16.8. The van der Waals surface area contributed by atoms with E-state index in [0.29, 0.717) is 0 Å². The monoisotopic (exact) mass is 511 g/mol. The van der Waals surface area contributed by atoms with E-state index in [9.17, 15) is 69.2 Å². The fourth-order valence-electron chi connectivity index (χ4n) is 0.799. The summed E-state index contributed by atoms with van der Waals surface area (Å²) >= 11 is 0. The minimum absolute atomic E-state index is 0. The van der Waals surface area contributed by atoms with Gasteiger partial charge in [0.15, 0.2) is 17.3 Å². The van der Waals surface area contributed by atoms with Crippen LogP contribution in [0, 0.1) is 0 Å². The van der Waals surface area contributed by atoms with Crippen molar-refractivity contribution in [1.29, 1.82) is 0 Å². The van der Waals surface area contributed by atoms with E-state index in [1.807, 2.05) is 0 Å². The van der Waals surface area contributed by atoms with Crippen LogP contribution in [0.25, 0.3) is 0 Å². The maximum Gasteiger partial charge on any atom is 3.00 e. The van der Waals surface area contributed by atoms with Crippen molar-refractivity contribution in [1.82, 2.24) is 0 Å². The van der Waals surface area contributed by atoms with Crippen molar-refractivity contribution in [2.45, 2.75) is 39.3 Å². The van der Waals surface area contributed by atoms with Gasteiger partial charge < -0.3 is 15.3 Å². The van der Waals surface area contributed by atoms with E-state index < -0.39 is 53.2 Å². The average molecular weight is 511 g/mol. The molecule has 0 aromatic heterocycles. The molecule has 0 saturated carbocycles. The Kier molecular flexibility index (Phi) is 16.8. The molecular formula is C15H12CrF9O6. The number of alkyl halides is 9. The van der Waals surface area contributed by atoms with E-state index in [0.717, 1.165) is 20.8 Å². The summed E-state index contributed by atoms with van der Waals surface area (Å²) in [5, 5.41) is 29.6. The molecule has 6 nitrogen and oxygen atoms in total. The van der Waals surface area contributed by atoms with Crippen LogP contribution in [0.2, 0.25) is 0 Å². The van der Waals surface area contributed by atoms with Gasteiger partial charge in [-0.1, -0.05) is 0 Å².